The van der Waals surface area contributed by atoms with Crippen molar-refractivity contribution in [3.05, 3.63) is 12.2 Å². The molecular formula is C12H22O3. The van der Waals surface area contributed by atoms with Gasteiger partial charge in [-0.25, -0.2) is 0 Å². The SMILES string of the molecule is C=C(CC(=O)OC)C[C@H](O)CCCCC. The number of esters is 1. The Kier molecular flexibility index (Phi) is 8.01. The zero-order valence-electron chi connectivity index (χ0n) is 9.79. The highest BCUT2D eigenvalue weighted by atomic mass is 16.5. The van der Waals surface area contributed by atoms with Crippen LogP contribution in [0.25, 0.3) is 0 Å². The molecule has 3 nitrogen and oxygen atoms in total. The van der Waals surface area contributed by atoms with Crippen LogP contribution in [0.5, 0.6) is 0 Å². The largest absolute Gasteiger partial charge is 0.469 e. The molecule has 0 aromatic carbocycles. The Morgan fingerprint density at radius 1 is 1.47 bits per heavy atom. The molecule has 1 atom stereocenters. The van der Waals surface area contributed by atoms with Crippen LogP contribution in [0.2, 0.25) is 0 Å². The molecular weight excluding hydrogens is 192 g/mol. The molecule has 3 heteroatoms. The van der Waals surface area contributed by atoms with Crippen LogP contribution in [0, 0.1) is 0 Å². The number of unbranched alkanes of at least 4 members (excludes halogenated alkanes) is 2. The van der Waals surface area contributed by atoms with E-state index in [0.29, 0.717) is 6.42 Å². The van der Waals surface area contributed by atoms with E-state index in [-0.39, 0.29) is 18.5 Å². The molecule has 0 amide bonds. The molecule has 0 aliphatic rings. The first kappa shape index (κ1) is 14.2. The summed E-state index contributed by atoms with van der Waals surface area (Å²) in [7, 11) is 1.35. The van der Waals surface area contributed by atoms with Gasteiger partial charge in [0.05, 0.1) is 19.6 Å². The van der Waals surface area contributed by atoms with E-state index in [4.69, 9.17) is 0 Å². The van der Waals surface area contributed by atoms with Gasteiger partial charge in [0.1, 0.15) is 0 Å². The lowest BCUT2D eigenvalue weighted by atomic mass is 10.0. The summed E-state index contributed by atoms with van der Waals surface area (Å²) < 4.78 is 4.52. The molecule has 0 bridgehead atoms. The predicted octanol–water partition coefficient (Wildman–Crippen LogP) is 2.44. The summed E-state index contributed by atoms with van der Waals surface area (Å²) in [5, 5.41) is 9.62. The standard InChI is InChI=1S/C12H22O3/c1-4-5-6-7-11(13)8-10(2)9-12(14)15-3/h11,13H,2,4-9H2,1,3H3/t11-/m1/s1. The van der Waals surface area contributed by atoms with Crippen molar-refractivity contribution < 1.29 is 14.6 Å². The van der Waals surface area contributed by atoms with Gasteiger partial charge >= 0.3 is 5.97 Å². The maximum absolute atomic E-state index is 10.9. The normalized spacial score (nSPS) is 12.2. The highest BCUT2D eigenvalue weighted by molar-refractivity contribution is 5.72. The lowest BCUT2D eigenvalue weighted by Crippen LogP contribution is -2.10. The van der Waals surface area contributed by atoms with Crippen LogP contribution in [0.3, 0.4) is 0 Å². The molecule has 0 rings (SSSR count). The van der Waals surface area contributed by atoms with Crippen LogP contribution in [0.15, 0.2) is 12.2 Å². The maximum atomic E-state index is 10.9. The van der Waals surface area contributed by atoms with E-state index >= 15 is 0 Å². The first-order valence-corrected chi connectivity index (χ1v) is 5.51. The molecule has 88 valence electrons. The van der Waals surface area contributed by atoms with Gasteiger partial charge in [0, 0.05) is 0 Å². The summed E-state index contributed by atoms with van der Waals surface area (Å²) >= 11 is 0. The summed E-state index contributed by atoms with van der Waals surface area (Å²) in [5.41, 5.74) is 0.742. The number of methoxy groups -OCH3 is 1. The number of hydrogen-bond acceptors (Lipinski definition) is 3. The molecule has 0 aliphatic heterocycles. The van der Waals surface area contributed by atoms with Crippen molar-refractivity contribution in [3.8, 4) is 0 Å². The van der Waals surface area contributed by atoms with E-state index < -0.39 is 0 Å². The number of ether oxygens (including phenoxy) is 1. The monoisotopic (exact) mass is 214 g/mol. The first-order chi connectivity index (χ1) is 7.10. The number of carbonyl (C=O) groups excluding carboxylic acids is 1. The zero-order chi connectivity index (χ0) is 11.7. The van der Waals surface area contributed by atoms with Crippen LogP contribution < -0.4 is 0 Å². The fourth-order valence-corrected chi connectivity index (χ4v) is 1.41. The minimum absolute atomic E-state index is 0.210. The Labute approximate surface area is 92.1 Å². The molecule has 0 aromatic rings. The van der Waals surface area contributed by atoms with Gasteiger partial charge in [0.2, 0.25) is 0 Å². The minimum atomic E-state index is -0.367. The summed E-state index contributed by atoms with van der Waals surface area (Å²) in [6.07, 6.45) is 4.45. The van der Waals surface area contributed by atoms with Crippen molar-refractivity contribution in [2.24, 2.45) is 0 Å². The fourth-order valence-electron chi connectivity index (χ4n) is 1.41. The number of hydrogen-bond donors (Lipinski definition) is 1. The Morgan fingerprint density at radius 3 is 2.67 bits per heavy atom. The second kappa shape index (κ2) is 8.48. The molecule has 15 heavy (non-hydrogen) atoms. The number of carbonyl (C=O) groups is 1. The third-order valence-electron chi connectivity index (χ3n) is 2.29. The minimum Gasteiger partial charge on any atom is -0.469 e. The maximum Gasteiger partial charge on any atom is 0.309 e. The van der Waals surface area contributed by atoms with Gasteiger partial charge in [-0.2, -0.15) is 0 Å². The average molecular weight is 214 g/mol. The molecule has 0 saturated carbocycles. The molecule has 0 unspecified atom stereocenters. The Hall–Kier alpha value is -0.830. The lowest BCUT2D eigenvalue weighted by molar-refractivity contribution is -0.139. The van der Waals surface area contributed by atoms with Crippen molar-refractivity contribution in [2.45, 2.75) is 51.6 Å². The fraction of sp³-hybridized carbons (Fsp3) is 0.750. The second-order valence-corrected chi connectivity index (χ2v) is 3.86. The molecule has 1 N–H and O–H groups in total. The van der Waals surface area contributed by atoms with E-state index in [2.05, 4.69) is 18.2 Å². The van der Waals surface area contributed by atoms with Crippen LogP contribution in [0.1, 0.15) is 45.4 Å². The summed E-state index contributed by atoms with van der Waals surface area (Å²) in [6, 6.07) is 0. The number of aliphatic hydroxyl groups is 1. The summed E-state index contributed by atoms with van der Waals surface area (Å²) in [4.78, 5) is 10.9. The van der Waals surface area contributed by atoms with Gasteiger partial charge < -0.3 is 9.84 Å². The molecule has 0 heterocycles. The van der Waals surface area contributed by atoms with Crippen molar-refractivity contribution in [2.75, 3.05) is 7.11 Å². The van der Waals surface area contributed by atoms with E-state index in [1.165, 1.54) is 7.11 Å². The Bertz CT molecular complexity index is 199. The third kappa shape index (κ3) is 8.18. The average Bonchev–Trinajstić information content (AvgIpc) is 2.17. The van der Waals surface area contributed by atoms with Crippen LogP contribution in [-0.4, -0.2) is 24.3 Å². The second-order valence-electron chi connectivity index (χ2n) is 3.86. The smallest absolute Gasteiger partial charge is 0.309 e. The van der Waals surface area contributed by atoms with Crippen molar-refractivity contribution >= 4 is 5.97 Å². The summed E-state index contributed by atoms with van der Waals surface area (Å²) in [5.74, 6) is -0.291. The molecule has 0 aromatic heterocycles. The van der Waals surface area contributed by atoms with E-state index in [9.17, 15) is 9.90 Å². The van der Waals surface area contributed by atoms with E-state index in [0.717, 1.165) is 31.3 Å². The quantitative estimate of drug-likeness (QED) is 0.383. The predicted molar refractivity (Wildman–Crippen MR) is 60.5 cm³/mol. The van der Waals surface area contributed by atoms with Gasteiger partial charge in [-0.3, -0.25) is 4.79 Å². The van der Waals surface area contributed by atoms with E-state index in [1.807, 2.05) is 0 Å². The highest BCUT2D eigenvalue weighted by Gasteiger charge is 2.09. The lowest BCUT2D eigenvalue weighted by Gasteiger charge is -2.11. The topological polar surface area (TPSA) is 46.5 Å². The van der Waals surface area contributed by atoms with Crippen molar-refractivity contribution in [1.82, 2.24) is 0 Å². The number of rotatable bonds is 8. The van der Waals surface area contributed by atoms with Crippen LogP contribution >= 0.6 is 0 Å². The Morgan fingerprint density at radius 2 is 2.13 bits per heavy atom. The number of aliphatic hydroxyl groups excluding tert-OH is 1. The summed E-state index contributed by atoms with van der Waals surface area (Å²) in [6.45, 7) is 5.88. The van der Waals surface area contributed by atoms with Crippen LogP contribution in [0.4, 0.5) is 0 Å². The van der Waals surface area contributed by atoms with Crippen LogP contribution in [-0.2, 0) is 9.53 Å². The molecule has 0 aliphatic carbocycles. The van der Waals surface area contributed by atoms with Gasteiger partial charge in [0.25, 0.3) is 0 Å². The van der Waals surface area contributed by atoms with Crippen molar-refractivity contribution in [3.63, 3.8) is 0 Å². The van der Waals surface area contributed by atoms with Gasteiger partial charge in [-0.15, -0.1) is 0 Å². The highest BCUT2D eigenvalue weighted by Crippen LogP contribution is 2.13. The van der Waals surface area contributed by atoms with Gasteiger partial charge in [0.15, 0.2) is 0 Å². The van der Waals surface area contributed by atoms with Crippen molar-refractivity contribution in [1.29, 1.82) is 0 Å². The first-order valence-electron chi connectivity index (χ1n) is 5.51. The van der Waals surface area contributed by atoms with Gasteiger partial charge in [-0.1, -0.05) is 38.3 Å². The molecule has 0 saturated heterocycles. The third-order valence-corrected chi connectivity index (χ3v) is 2.29. The molecule has 0 fully saturated rings. The van der Waals surface area contributed by atoms with E-state index in [1.54, 1.807) is 0 Å². The Balaban J connectivity index is 3.62. The van der Waals surface area contributed by atoms with Gasteiger partial charge in [-0.05, 0) is 12.8 Å². The zero-order valence-corrected chi connectivity index (χ0v) is 9.79. The molecule has 0 radical (unpaired) electrons. The molecule has 0 spiro atoms.